The minimum Gasteiger partial charge on any atom is -0.349 e. The second-order valence-electron chi connectivity index (χ2n) is 4.31. The molecule has 0 aromatic rings. The van der Waals surface area contributed by atoms with Gasteiger partial charge in [0, 0.05) is 5.54 Å². The van der Waals surface area contributed by atoms with E-state index in [1.165, 1.54) is 0 Å². The molecule has 0 spiro atoms. The molecule has 0 radical (unpaired) electrons. The molecule has 1 rings (SSSR count). The number of hydrogen-bond donors (Lipinski definition) is 2. The minimum atomic E-state index is -0.745. The molecule has 1 fully saturated rings. The quantitative estimate of drug-likeness (QED) is 0.657. The van der Waals surface area contributed by atoms with E-state index in [9.17, 15) is 4.79 Å². The standard InChI is InChI=1S/C9H18N2O/c1-4-9(5-6-9)11-7(12)8(2,3)10/h4-6,10H2,1-3H3,(H,11,12). The van der Waals surface area contributed by atoms with E-state index in [2.05, 4.69) is 12.2 Å². The zero-order valence-corrected chi connectivity index (χ0v) is 8.11. The first-order valence-corrected chi connectivity index (χ1v) is 4.51. The predicted molar refractivity (Wildman–Crippen MR) is 48.7 cm³/mol. The lowest BCUT2D eigenvalue weighted by molar-refractivity contribution is -0.126. The first kappa shape index (κ1) is 9.52. The van der Waals surface area contributed by atoms with Crippen LogP contribution in [0.5, 0.6) is 0 Å². The maximum absolute atomic E-state index is 11.4. The Balaban J connectivity index is 2.47. The summed E-state index contributed by atoms with van der Waals surface area (Å²) in [6.45, 7) is 5.55. The van der Waals surface area contributed by atoms with Gasteiger partial charge in [0.2, 0.25) is 5.91 Å². The maximum Gasteiger partial charge on any atom is 0.239 e. The molecule has 0 aromatic heterocycles. The van der Waals surface area contributed by atoms with Gasteiger partial charge in [0.1, 0.15) is 0 Å². The first-order valence-electron chi connectivity index (χ1n) is 4.51. The SMILES string of the molecule is CCC1(NC(=O)C(C)(C)N)CC1. The molecular formula is C9H18N2O. The number of carbonyl (C=O) groups excluding carboxylic acids is 1. The zero-order valence-electron chi connectivity index (χ0n) is 8.11. The van der Waals surface area contributed by atoms with Gasteiger partial charge in [-0.1, -0.05) is 6.92 Å². The summed E-state index contributed by atoms with van der Waals surface area (Å²) in [5.74, 6) is -0.0400. The van der Waals surface area contributed by atoms with E-state index < -0.39 is 5.54 Å². The van der Waals surface area contributed by atoms with Crippen molar-refractivity contribution >= 4 is 5.91 Å². The Labute approximate surface area is 73.7 Å². The van der Waals surface area contributed by atoms with E-state index in [0.29, 0.717) is 0 Å². The third-order valence-corrected chi connectivity index (χ3v) is 2.49. The summed E-state index contributed by atoms with van der Waals surface area (Å²) in [6, 6.07) is 0. The first-order chi connectivity index (χ1) is 5.40. The Morgan fingerprint density at radius 1 is 1.58 bits per heavy atom. The summed E-state index contributed by atoms with van der Waals surface area (Å²) in [6.07, 6.45) is 3.21. The molecule has 1 aliphatic rings. The fourth-order valence-electron chi connectivity index (χ4n) is 1.12. The van der Waals surface area contributed by atoms with Crippen molar-refractivity contribution in [3.8, 4) is 0 Å². The highest BCUT2D eigenvalue weighted by Gasteiger charge is 2.43. The average molecular weight is 170 g/mol. The van der Waals surface area contributed by atoms with E-state index >= 15 is 0 Å². The summed E-state index contributed by atoms with van der Waals surface area (Å²) in [4.78, 5) is 11.4. The number of amides is 1. The average Bonchev–Trinajstić information content (AvgIpc) is 2.67. The van der Waals surface area contributed by atoms with Crippen LogP contribution >= 0.6 is 0 Å². The lowest BCUT2D eigenvalue weighted by Crippen LogP contribution is -2.52. The Bertz CT molecular complexity index is 189. The monoisotopic (exact) mass is 170 g/mol. The summed E-state index contributed by atoms with van der Waals surface area (Å²) < 4.78 is 0. The van der Waals surface area contributed by atoms with Gasteiger partial charge in [0.05, 0.1) is 5.54 Å². The fourth-order valence-corrected chi connectivity index (χ4v) is 1.12. The number of carbonyl (C=O) groups is 1. The number of nitrogens with two attached hydrogens (primary N) is 1. The van der Waals surface area contributed by atoms with Gasteiger partial charge in [0.25, 0.3) is 0 Å². The van der Waals surface area contributed by atoms with E-state index in [1.54, 1.807) is 13.8 Å². The van der Waals surface area contributed by atoms with Crippen molar-refractivity contribution in [3.05, 3.63) is 0 Å². The third kappa shape index (κ3) is 1.97. The Morgan fingerprint density at radius 3 is 2.33 bits per heavy atom. The fraction of sp³-hybridized carbons (Fsp3) is 0.889. The van der Waals surface area contributed by atoms with Crippen LogP contribution in [-0.2, 0) is 4.79 Å². The van der Waals surface area contributed by atoms with Crippen LogP contribution in [0.15, 0.2) is 0 Å². The molecule has 0 atom stereocenters. The van der Waals surface area contributed by atoms with E-state index in [-0.39, 0.29) is 11.4 Å². The zero-order chi connectivity index (χ0) is 9.41. The van der Waals surface area contributed by atoms with Gasteiger partial charge in [-0.3, -0.25) is 4.79 Å². The highest BCUT2D eigenvalue weighted by molar-refractivity contribution is 5.86. The molecule has 1 amide bonds. The molecule has 70 valence electrons. The van der Waals surface area contributed by atoms with Crippen molar-refractivity contribution in [3.63, 3.8) is 0 Å². The molecule has 0 unspecified atom stereocenters. The molecule has 12 heavy (non-hydrogen) atoms. The van der Waals surface area contributed by atoms with Crippen molar-refractivity contribution < 1.29 is 4.79 Å². The molecule has 0 bridgehead atoms. The molecule has 0 heterocycles. The van der Waals surface area contributed by atoms with Gasteiger partial charge in [0.15, 0.2) is 0 Å². The van der Waals surface area contributed by atoms with Gasteiger partial charge in [-0.25, -0.2) is 0 Å². The lowest BCUT2D eigenvalue weighted by atomic mass is 10.0. The smallest absolute Gasteiger partial charge is 0.239 e. The molecule has 1 saturated carbocycles. The Morgan fingerprint density at radius 2 is 2.08 bits per heavy atom. The Hall–Kier alpha value is -0.570. The van der Waals surface area contributed by atoms with Crippen molar-refractivity contribution in [2.75, 3.05) is 0 Å². The largest absolute Gasteiger partial charge is 0.349 e. The number of hydrogen-bond acceptors (Lipinski definition) is 2. The molecule has 3 N–H and O–H groups in total. The lowest BCUT2D eigenvalue weighted by Gasteiger charge is -2.22. The molecule has 0 aliphatic heterocycles. The van der Waals surface area contributed by atoms with Crippen molar-refractivity contribution in [2.24, 2.45) is 5.73 Å². The molecule has 3 heteroatoms. The van der Waals surface area contributed by atoms with Crippen molar-refractivity contribution in [1.82, 2.24) is 5.32 Å². The predicted octanol–water partition coefficient (Wildman–Crippen LogP) is 0.782. The summed E-state index contributed by atoms with van der Waals surface area (Å²) >= 11 is 0. The summed E-state index contributed by atoms with van der Waals surface area (Å²) in [5, 5.41) is 2.99. The van der Waals surface area contributed by atoms with Crippen LogP contribution in [0.4, 0.5) is 0 Å². The maximum atomic E-state index is 11.4. The topological polar surface area (TPSA) is 55.1 Å². The van der Waals surface area contributed by atoms with E-state index in [4.69, 9.17) is 5.73 Å². The van der Waals surface area contributed by atoms with Crippen molar-refractivity contribution in [1.29, 1.82) is 0 Å². The third-order valence-electron chi connectivity index (χ3n) is 2.49. The molecule has 1 aliphatic carbocycles. The summed E-state index contributed by atoms with van der Waals surface area (Å²) in [5.41, 5.74) is 5.00. The molecule has 0 saturated heterocycles. The van der Waals surface area contributed by atoms with Crippen LogP contribution in [0.1, 0.15) is 40.0 Å². The van der Waals surface area contributed by atoms with Gasteiger partial charge in [-0.2, -0.15) is 0 Å². The van der Waals surface area contributed by atoms with Gasteiger partial charge < -0.3 is 11.1 Å². The number of nitrogens with one attached hydrogen (secondary N) is 1. The van der Waals surface area contributed by atoms with Gasteiger partial charge in [-0.05, 0) is 33.1 Å². The normalized spacial score (nSPS) is 20.3. The molecule has 3 nitrogen and oxygen atoms in total. The van der Waals surface area contributed by atoms with Crippen molar-refractivity contribution in [2.45, 2.75) is 51.1 Å². The van der Waals surface area contributed by atoms with Crippen LogP contribution in [0.3, 0.4) is 0 Å². The van der Waals surface area contributed by atoms with Crippen LogP contribution < -0.4 is 11.1 Å². The van der Waals surface area contributed by atoms with E-state index in [1.807, 2.05) is 0 Å². The van der Waals surface area contributed by atoms with Crippen LogP contribution in [0, 0.1) is 0 Å². The Kier molecular flexibility index (Phi) is 2.17. The number of rotatable bonds is 3. The van der Waals surface area contributed by atoms with Gasteiger partial charge >= 0.3 is 0 Å². The minimum absolute atomic E-state index is 0.0400. The molecule has 0 aromatic carbocycles. The van der Waals surface area contributed by atoms with Crippen LogP contribution in [0.25, 0.3) is 0 Å². The van der Waals surface area contributed by atoms with E-state index in [0.717, 1.165) is 19.3 Å². The summed E-state index contributed by atoms with van der Waals surface area (Å²) in [7, 11) is 0. The highest BCUT2D eigenvalue weighted by atomic mass is 16.2. The van der Waals surface area contributed by atoms with Crippen LogP contribution in [-0.4, -0.2) is 17.0 Å². The van der Waals surface area contributed by atoms with Gasteiger partial charge in [-0.15, -0.1) is 0 Å². The molecular weight excluding hydrogens is 152 g/mol. The highest BCUT2D eigenvalue weighted by Crippen LogP contribution is 2.38. The second-order valence-corrected chi connectivity index (χ2v) is 4.31. The second kappa shape index (κ2) is 2.73. The van der Waals surface area contributed by atoms with Crippen LogP contribution in [0.2, 0.25) is 0 Å².